The third-order valence-electron chi connectivity index (χ3n) is 2.50. The van der Waals surface area contributed by atoms with Crippen molar-refractivity contribution < 1.29 is 18.7 Å². The fourth-order valence-corrected chi connectivity index (χ4v) is 1.73. The Morgan fingerprint density at radius 3 is 2.72 bits per heavy atom. The van der Waals surface area contributed by atoms with Crippen molar-refractivity contribution in [2.75, 3.05) is 6.61 Å². The Kier molecular flexibility index (Phi) is 5.12. The van der Waals surface area contributed by atoms with Crippen LogP contribution in [0.25, 0.3) is 0 Å². The maximum absolute atomic E-state index is 11.7. The second kappa shape index (κ2) is 6.60. The highest BCUT2D eigenvalue weighted by molar-refractivity contribution is 5.80. The summed E-state index contributed by atoms with van der Waals surface area (Å²) in [6.07, 6.45) is 1.52. The van der Waals surface area contributed by atoms with E-state index in [1.54, 1.807) is 19.1 Å². The number of nitriles is 1. The predicted octanol–water partition coefficient (Wildman–Crippen LogP) is 2.05. The van der Waals surface area contributed by atoms with Crippen molar-refractivity contribution in [3.8, 4) is 6.07 Å². The van der Waals surface area contributed by atoms with Gasteiger partial charge in [-0.2, -0.15) is 5.26 Å². The molecule has 0 N–H and O–H groups in total. The third kappa shape index (κ3) is 3.45. The molecule has 0 aliphatic carbocycles. The molecule has 1 aromatic heterocycles. The zero-order valence-electron chi connectivity index (χ0n) is 10.4. The van der Waals surface area contributed by atoms with Gasteiger partial charge in [-0.15, -0.1) is 0 Å². The molecule has 0 saturated heterocycles. The van der Waals surface area contributed by atoms with Crippen LogP contribution in [-0.2, 0) is 14.3 Å². The van der Waals surface area contributed by atoms with E-state index in [2.05, 4.69) is 0 Å². The van der Waals surface area contributed by atoms with Crippen LogP contribution in [-0.4, -0.2) is 18.4 Å². The highest BCUT2D eigenvalue weighted by Crippen LogP contribution is 2.29. The fourth-order valence-electron chi connectivity index (χ4n) is 1.73. The van der Waals surface area contributed by atoms with E-state index >= 15 is 0 Å². The molecular formula is C13H15NO4. The molecule has 1 rings (SSSR count). The lowest BCUT2D eigenvalue weighted by molar-refractivity contribution is -0.147. The highest BCUT2D eigenvalue weighted by Gasteiger charge is 2.33. The Bertz CT molecular complexity index is 444. The van der Waals surface area contributed by atoms with Crippen LogP contribution in [0.15, 0.2) is 22.8 Å². The quantitative estimate of drug-likeness (QED) is 0.721. The molecule has 5 heteroatoms. The first kappa shape index (κ1) is 14.0. The number of hydrogen-bond donors (Lipinski definition) is 0. The average molecular weight is 249 g/mol. The summed E-state index contributed by atoms with van der Waals surface area (Å²) in [5.74, 6) is -1.91. The van der Waals surface area contributed by atoms with E-state index in [9.17, 15) is 9.59 Å². The third-order valence-corrected chi connectivity index (χ3v) is 2.50. The van der Waals surface area contributed by atoms with Crippen LogP contribution in [0.5, 0.6) is 0 Å². The Hall–Kier alpha value is -2.09. The Morgan fingerprint density at radius 2 is 2.28 bits per heavy atom. The minimum absolute atomic E-state index is 0.0740. The average Bonchev–Trinajstić information content (AvgIpc) is 2.81. The minimum atomic E-state index is -1.03. The van der Waals surface area contributed by atoms with Gasteiger partial charge in [-0.05, 0) is 26.0 Å². The number of ketones is 1. The van der Waals surface area contributed by atoms with E-state index in [4.69, 9.17) is 14.4 Å². The summed E-state index contributed by atoms with van der Waals surface area (Å²) in [4.78, 5) is 22.9. The summed E-state index contributed by atoms with van der Waals surface area (Å²) in [5.41, 5.74) is 0. The molecule has 0 saturated carbocycles. The predicted molar refractivity (Wildman–Crippen MR) is 62.5 cm³/mol. The van der Waals surface area contributed by atoms with Gasteiger partial charge in [0.15, 0.2) is 5.92 Å². The number of furan rings is 1. The lowest BCUT2D eigenvalue weighted by Crippen LogP contribution is -2.24. The maximum atomic E-state index is 11.7. The number of carbonyl (C=O) groups is 2. The SMILES string of the molecule is CCOC(=O)C(C#N)C(CC(C)=O)c1ccco1. The number of nitrogens with zero attached hydrogens (tertiary/aromatic N) is 1. The van der Waals surface area contributed by atoms with Crippen molar-refractivity contribution in [2.24, 2.45) is 5.92 Å². The van der Waals surface area contributed by atoms with Gasteiger partial charge in [0.1, 0.15) is 11.5 Å². The summed E-state index contributed by atoms with van der Waals surface area (Å²) in [6, 6.07) is 5.20. The van der Waals surface area contributed by atoms with Gasteiger partial charge < -0.3 is 13.9 Å². The largest absolute Gasteiger partial charge is 0.469 e. The van der Waals surface area contributed by atoms with Crippen molar-refractivity contribution in [3.63, 3.8) is 0 Å². The van der Waals surface area contributed by atoms with Gasteiger partial charge in [0.05, 0.1) is 24.9 Å². The number of esters is 1. The Balaban J connectivity index is 2.97. The molecule has 1 aromatic rings. The topological polar surface area (TPSA) is 80.3 Å². The van der Waals surface area contributed by atoms with E-state index in [0.717, 1.165) is 0 Å². The Morgan fingerprint density at radius 1 is 1.56 bits per heavy atom. The van der Waals surface area contributed by atoms with Crippen molar-refractivity contribution in [2.45, 2.75) is 26.2 Å². The van der Waals surface area contributed by atoms with Crippen molar-refractivity contribution >= 4 is 11.8 Å². The standard InChI is InChI=1S/C13H15NO4/c1-3-17-13(16)11(8-14)10(7-9(2)15)12-5-4-6-18-12/h4-6,10-11H,3,7H2,1-2H3. The number of rotatable bonds is 6. The molecule has 18 heavy (non-hydrogen) atoms. The molecule has 0 aliphatic heterocycles. The molecule has 0 amide bonds. The molecule has 2 atom stereocenters. The number of hydrogen-bond acceptors (Lipinski definition) is 5. The molecule has 0 fully saturated rings. The van der Waals surface area contributed by atoms with Gasteiger partial charge in [0, 0.05) is 6.42 Å². The lowest BCUT2D eigenvalue weighted by atomic mass is 9.87. The van der Waals surface area contributed by atoms with E-state index < -0.39 is 17.8 Å². The molecule has 0 aliphatic rings. The lowest BCUT2D eigenvalue weighted by Gasteiger charge is -2.17. The second-order valence-corrected chi connectivity index (χ2v) is 3.89. The van der Waals surface area contributed by atoms with Crippen LogP contribution < -0.4 is 0 Å². The van der Waals surface area contributed by atoms with Crippen molar-refractivity contribution in [3.05, 3.63) is 24.2 Å². The molecule has 0 spiro atoms. The smallest absolute Gasteiger partial charge is 0.324 e. The van der Waals surface area contributed by atoms with Crippen LogP contribution in [0.3, 0.4) is 0 Å². The van der Waals surface area contributed by atoms with Crippen LogP contribution in [0.2, 0.25) is 0 Å². The number of Topliss-reactive ketones (excluding diaryl/α,β-unsaturated/α-hetero) is 1. The zero-order valence-corrected chi connectivity index (χ0v) is 10.4. The number of ether oxygens (including phenoxy) is 1. The van der Waals surface area contributed by atoms with Crippen LogP contribution >= 0.6 is 0 Å². The summed E-state index contributed by atoms with van der Waals surface area (Å²) in [5, 5.41) is 9.10. The molecule has 96 valence electrons. The molecule has 5 nitrogen and oxygen atoms in total. The normalized spacial score (nSPS) is 13.4. The van der Waals surface area contributed by atoms with Crippen molar-refractivity contribution in [1.29, 1.82) is 5.26 Å². The molecule has 0 aromatic carbocycles. The second-order valence-electron chi connectivity index (χ2n) is 3.89. The van der Waals surface area contributed by atoms with Gasteiger partial charge in [0.2, 0.25) is 0 Å². The van der Waals surface area contributed by atoms with Gasteiger partial charge in [-0.1, -0.05) is 0 Å². The highest BCUT2D eigenvalue weighted by atomic mass is 16.5. The first-order chi connectivity index (χ1) is 8.60. The van der Waals surface area contributed by atoms with E-state index in [-0.39, 0.29) is 18.8 Å². The van der Waals surface area contributed by atoms with Gasteiger partial charge >= 0.3 is 5.97 Å². The molecule has 0 radical (unpaired) electrons. The monoisotopic (exact) mass is 249 g/mol. The van der Waals surface area contributed by atoms with E-state index in [0.29, 0.717) is 5.76 Å². The van der Waals surface area contributed by atoms with E-state index in [1.807, 2.05) is 6.07 Å². The van der Waals surface area contributed by atoms with Gasteiger partial charge in [0.25, 0.3) is 0 Å². The van der Waals surface area contributed by atoms with Crippen molar-refractivity contribution in [1.82, 2.24) is 0 Å². The molecule has 0 bridgehead atoms. The van der Waals surface area contributed by atoms with Gasteiger partial charge in [-0.25, -0.2) is 0 Å². The summed E-state index contributed by atoms with van der Waals surface area (Å²) >= 11 is 0. The van der Waals surface area contributed by atoms with Crippen LogP contribution in [0, 0.1) is 17.2 Å². The van der Waals surface area contributed by atoms with Crippen LogP contribution in [0.4, 0.5) is 0 Å². The fraction of sp³-hybridized carbons (Fsp3) is 0.462. The molecule has 1 heterocycles. The van der Waals surface area contributed by atoms with Crippen LogP contribution in [0.1, 0.15) is 31.9 Å². The summed E-state index contributed by atoms with van der Waals surface area (Å²) < 4.78 is 10.0. The minimum Gasteiger partial charge on any atom is -0.469 e. The van der Waals surface area contributed by atoms with Gasteiger partial charge in [-0.3, -0.25) is 4.79 Å². The Labute approximate surface area is 105 Å². The summed E-state index contributed by atoms with van der Waals surface area (Å²) in [6.45, 7) is 3.27. The first-order valence-corrected chi connectivity index (χ1v) is 5.69. The summed E-state index contributed by atoms with van der Waals surface area (Å²) in [7, 11) is 0. The van der Waals surface area contributed by atoms with E-state index in [1.165, 1.54) is 13.2 Å². The first-order valence-electron chi connectivity index (χ1n) is 5.69. The molecular weight excluding hydrogens is 234 g/mol. The maximum Gasteiger partial charge on any atom is 0.324 e. The number of carbonyl (C=O) groups excluding carboxylic acids is 2. The molecule has 2 unspecified atom stereocenters. The zero-order chi connectivity index (χ0) is 13.5.